The largest absolute Gasteiger partial charge is 0.374 e. The lowest BCUT2D eigenvalue weighted by molar-refractivity contribution is -0.0630. The average Bonchev–Trinajstić information content (AvgIpc) is 2.91. The molecule has 2 aliphatic heterocycles. The van der Waals surface area contributed by atoms with Gasteiger partial charge in [-0.25, -0.2) is 0 Å². The van der Waals surface area contributed by atoms with E-state index in [0.717, 1.165) is 6.54 Å². The smallest absolute Gasteiger partial charge is 0.101 e. The Hall–Kier alpha value is -0.590. The number of ether oxygens (including phenoxy) is 2. The first kappa shape index (κ1) is 27.4. The molecule has 4 rings (SSSR count). The molecule has 3 aliphatic rings. The summed E-state index contributed by atoms with van der Waals surface area (Å²) in [5.41, 5.74) is 2.93. The lowest BCUT2D eigenvalue weighted by atomic mass is 9.79. The summed E-state index contributed by atoms with van der Waals surface area (Å²) in [4.78, 5) is 0. The normalized spacial score (nSPS) is 29.1. The highest BCUT2D eigenvalue weighted by Gasteiger charge is 2.36. The van der Waals surface area contributed by atoms with Crippen LogP contribution in [0.15, 0.2) is 24.3 Å². The molecule has 1 saturated carbocycles. The van der Waals surface area contributed by atoms with Gasteiger partial charge in [0.25, 0.3) is 0 Å². The average molecular weight is 503 g/mol. The molecule has 5 heteroatoms. The van der Waals surface area contributed by atoms with E-state index in [1.54, 1.807) is 11.8 Å². The Kier molecular flexibility index (Phi) is 10.8. The van der Waals surface area contributed by atoms with E-state index in [2.05, 4.69) is 61.9 Å². The third-order valence-electron chi connectivity index (χ3n) is 8.39. The molecule has 1 aromatic carbocycles. The second-order valence-electron chi connectivity index (χ2n) is 11.4. The molecule has 1 aliphatic carbocycles. The van der Waals surface area contributed by atoms with Crippen LogP contribution < -0.4 is 10.6 Å². The van der Waals surface area contributed by atoms with Crippen LogP contribution in [-0.2, 0) is 9.47 Å². The summed E-state index contributed by atoms with van der Waals surface area (Å²) in [6.07, 6.45) is 17.1. The van der Waals surface area contributed by atoms with Crippen LogP contribution in [0, 0.1) is 5.92 Å². The van der Waals surface area contributed by atoms with E-state index in [9.17, 15) is 0 Å². The van der Waals surface area contributed by atoms with Crippen LogP contribution in [0.3, 0.4) is 0 Å². The van der Waals surface area contributed by atoms with Crippen LogP contribution in [0.4, 0.5) is 0 Å². The first-order valence-corrected chi connectivity index (χ1v) is 15.8. The molecular formula is C30H50N2O2S. The Labute approximate surface area is 219 Å². The summed E-state index contributed by atoms with van der Waals surface area (Å²) >= 11 is 1.79. The van der Waals surface area contributed by atoms with Crippen molar-refractivity contribution >= 4 is 11.8 Å². The van der Waals surface area contributed by atoms with E-state index in [0.29, 0.717) is 30.1 Å². The van der Waals surface area contributed by atoms with Crippen LogP contribution >= 0.6 is 11.8 Å². The predicted octanol–water partition coefficient (Wildman–Crippen LogP) is 7.15. The summed E-state index contributed by atoms with van der Waals surface area (Å²) in [5.74, 6) is 0.705. The van der Waals surface area contributed by atoms with E-state index in [1.807, 2.05) is 0 Å². The van der Waals surface area contributed by atoms with Gasteiger partial charge in [0.2, 0.25) is 0 Å². The molecule has 35 heavy (non-hydrogen) atoms. The number of piperidine rings is 2. The van der Waals surface area contributed by atoms with Crippen molar-refractivity contribution in [3.05, 3.63) is 35.4 Å². The Morgan fingerprint density at radius 2 is 1.63 bits per heavy atom. The van der Waals surface area contributed by atoms with E-state index in [1.165, 1.54) is 81.8 Å². The minimum absolute atomic E-state index is 0.108. The maximum Gasteiger partial charge on any atom is 0.101 e. The van der Waals surface area contributed by atoms with E-state index >= 15 is 0 Å². The van der Waals surface area contributed by atoms with E-state index < -0.39 is 0 Å². The van der Waals surface area contributed by atoms with Crippen molar-refractivity contribution in [2.75, 3.05) is 12.8 Å². The molecule has 0 amide bonds. The fourth-order valence-electron chi connectivity index (χ4n) is 6.56. The molecule has 2 saturated heterocycles. The standard InChI is InChI=1S/C30H50N2O2S/c1-21(2)33-29(23-12-6-5-7-13-23)28-18-11-17-26(32-28)24-14-10-15-25(20-24)30(34-22(3)35-4)27-16-8-9-19-31-27/h10,14-15,20-23,26-32H,5-9,11-13,16-19H2,1-4H3. The highest BCUT2D eigenvalue weighted by atomic mass is 32.2. The van der Waals surface area contributed by atoms with Gasteiger partial charge in [-0.1, -0.05) is 49.9 Å². The maximum absolute atomic E-state index is 6.62. The highest BCUT2D eigenvalue weighted by Crippen LogP contribution is 2.36. The molecule has 198 valence electrons. The fourth-order valence-corrected chi connectivity index (χ4v) is 6.79. The SMILES string of the molecule is CSC(C)OC(c1cccc(C2CCCC(C(OC(C)C)C3CCCCC3)N2)c1)C1CCCCN1. The highest BCUT2D eigenvalue weighted by molar-refractivity contribution is 7.99. The van der Waals surface area contributed by atoms with Crippen molar-refractivity contribution in [3.63, 3.8) is 0 Å². The number of hydrogen-bond acceptors (Lipinski definition) is 5. The van der Waals surface area contributed by atoms with Gasteiger partial charge in [-0.15, -0.1) is 11.8 Å². The van der Waals surface area contributed by atoms with Crippen LogP contribution in [0.2, 0.25) is 0 Å². The number of nitrogens with one attached hydrogen (secondary N) is 2. The van der Waals surface area contributed by atoms with Crippen LogP contribution in [-0.4, -0.2) is 42.5 Å². The monoisotopic (exact) mass is 502 g/mol. The minimum atomic E-state index is 0.108. The second-order valence-corrected chi connectivity index (χ2v) is 12.5. The third kappa shape index (κ3) is 7.70. The topological polar surface area (TPSA) is 42.5 Å². The summed E-state index contributed by atoms with van der Waals surface area (Å²) in [6.45, 7) is 7.68. The number of hydrogen-bond donors (Lipinski definition) is 2. The Bertz CT molecular complexity index is 748. The zero-order valence-electron chi connectivity index (χ0n) is 22.6. The number of benzene rings is 1. The van der Waals surface area contributed by atoms with E-state index in [-0.39, 0.29) is 17.6 Å². The van der Waals surface area contributed by atoms with E-state index in [4.69, 9.17) is 9.47 Å². The fraction of sp³-hybridized carbons (Fsp3) is 0.800. The van der Waals surface area contributed by atoms with Crippen molar-refractivity contribution in [1.82, 2.24) is 10.6 Å². The first-order valence-electron chi connectivity index (χ1n) is 14.5. The first-order chi connectivity index (χ1) is 17.0. The van der Waals surface area contributed by atoms with Crippen molar-refractivity contribution < 1.29 is 9.47 Å². The van der Waals surface area contributed by atoms with Crippen molar-refractivity contribution in [2.24, 2.45) is 5.92 Å². The zero-order valence-corrected chi connectivity index (χ0v) is 23.5. The van der Waals surface area contributed by atoms with Gasteiger partial charge in [0.15, 0.2) is 0 Å². The molecule has 4 nitrogen and oxygen atoms in total. The minimum Gasteiger partial charge on any atom is -0.374 e. The Balaban J connectivity index is 1.50. The molecule has 0 aromatic heterocycles. The van der Waals surface area contributed by atoms with Gasteiger partial charge in [-0.2, -0.15) is 0 Å². The molecule has 6 unspecified atom stereocenters. The zero-order chi connectivity index (χ0) is 24.6. The third-order valence-corrected chi connectivity index (χ3v) is 9.16. The van der Waals surface area contributed by atoms with Crippen LogP contribution in [0.1, 0.15) is 115 Å². The molecule has 0 bridgehead atoms. The van der Waals surface area contributed by atoms with Crippen LogP contribution in [0.25, 0.3) is 0 Å². The molecule has 2 heterocycles. The van der Waals surface area contributed by atoms with Gasteiger partial charge < -0.3 is 20.1 Å². The molecule has 2 N–H and O–H groups in total. The summed E-state index contributed by atoms with van der Waals surface area (Å²) in [5, 5.41) is 7.84. The van der Waals surface area contributed by atoms with Gasteiger partial charge in [-0.05, 0) is 95.6 Å². The molecule has 0 spiro atoms. The lowest BCUT2D eigenvalue weighted by Crippen LogP contribution is -2.50. The number of rotatable bonds is 10. The summed E-state index contributed by atoms with van der Waals surface area (Å²) < 4.78 is 13.2. The lowest BCUT2D eigenvalue weighted by Gasteiger charge is -2.41. The summed E-state index contributed by atoms with van der Waals surface area (Å²) in [6, 6.07) is 10.5. The van der Waals surface area contributed by atoms with Gasteiger partial charge in [-0.3, -0.25) is 0 Å². The Morgan fingerprint density at radius 1 is 0.857 bits per heavy atom. The van der Waals surface area contributed by atoms with Crippen LogP contribution in [0.5, 0.6) is 0 Å². The van der Waals surface area contributed by atoms with Gasteiger partial charge in [0, 0.05) is 18.1 Å². The quantitative estimate of drug-likeness (QED) is 0.333. The molecule has 0 radical (unpaired) electrons. The van der Waals surface area contributed by atoms with Gasteiger partial charge >= 0.3 is 0 Å². The van der Waals surface area contributed by atoms with Gasteiger partial charge in [0.1, 0.15) is 5.44 Å². The van der Waals surface area contributed by atoms with Gasteiger partial charge in [0.05, 0.1) is 18.3 Å². The molecular weight excluding hydrogens is 452 g/mol. The van der Waals surface area contributed by atoms with Crippen molar-refractivity contribution in [1.29, 1.82) is 0 Å². The Morgan fingerprint density at radius 3 is 2.34 bits per heavy atom. The van der Waals surface area contributed by atoms with Crippen molar-refractivity contribution in [2.45, 2.75) is 133 Å². The summed E-state index contributed by atoms with van der Waals surface area (Å²) in [7, 11) is 0. The van der Waals surface area contributed by atoms with Crippen molar-refractivity contribution in [3.8, 4) is 0 Å². The molecule has 6 atom stereocenters. The predicted molar refractivity (Wildman–Crippen MR) is 149 cm³/mol. The maximum atomic E-state index is 6.62. The molecule has 1 aromatic rings. The second kappa shape index (κ2) is 13.8. The number of thioether (sulfide) groups is 1. The molecule has 3 fully saturated rings.